The van der Waals surface area contributed by atoms with Crippen LogP contribution >= 0.6 is 11.3 Å². The van der Waals surface area contributed by atoms with Gasteiger partial charge in [-0.15, -0.1) is 5.10 Å². The fourth-order valence-electron chi connectivity index (χ4n) is 3.66. The molecule has 0 aromatic carbocycles. The van der Waals surface area contributed by atoms with Crippen LogP contribution in [0.1, 0.15) is 24.8 Å². The van der Waals surface area contributed by atoms with Crippen molar-refractivity contribution in [3.05, 3.63) is 28.7 Å². The molecule has 2 fully saturated rings. The third-order valence-corrected chi connectivity index (χ3v) is 5.80. The lowest BCUT2D eigenvalue weighted by atomic mass is 9.93. The Hall–Kier alpha value is -1.80. The number of thiophene rings is 1. The molecule has 122 valence electrons. The fraction of sp³-hybridized carbons (Fsp3) is 0.600. The highest BCUT2D eigenvalue weighted by molar-refractivity contribution is 7.07. The molecule has 1 saturated heterocycles. The number of nitrogens with zero attached hydrogens (tertiary/aromatic N) is 5. The van der Waals surface area contributed by atoms with Gasteiger partial charge in [0.2, 0.25) is 5.91 Å². The van der Waals surface area contributed by atoms with Crippen molar-refractivity contribution in [2.45, 2.75) is 38.4 Å². The van der Waals surface area contributed by atoms with Gasteiger partial charge in [0.25, 0.3) is 0 Å². The number of amides is 1. The molecule has 8 heteroatoms. The first-order valence-electron chi connectivity index (χ1n) is 7.99. The molecule has 1 atom stereocenters. The number of rotatable bonds is 5. The molecule has 1 spiro atoms. The van der Waals surface area contributed by atoms with Crippen molar-refractivity contribution >= 4 is 17.2 Å². The molecule has 4 rings (SSSR count). The van der Waals surface area contributed by atoms with E-state index >= 15 is 0 Å². The van der Waals surface area contributed by atoms with Gasteiger partial charge < -0.3 is 10.2 Å². The van der Waals surface area contributed by atoms with Gasteiger partial charge in [0.05, 0.1) is 0 Å². The molecule has 1 aliphatic heterocycles. The highest BCUT2D eigenvalue weighted by Crippen LogP contribution is 2.56. The molecule has 2 aromatic rings. The van der Waals surface area contributed by atoms with E-state index in [4.69, 9.17) is 0 Å². The number of piperidine rings is 1. The molecular formula is C15H20N6OS. The number of carbonyl (C=O) groups excluding carboxylic acids is 1. The highest BCUT2D eigenvalue weighted by atomic mass is 32.1. The first-order chi connectivity index (χ1) is 11.3. The third-order valence-electron chi connectivity index (χ3n) is 5.06. The van der Waals surface area contributed by atoms with Crippen LogP contribution in [0.15, 0.2) is 23.2 Å². The SMILES string of the molecule is O=C(Cn1cnnn1)N(Cc1ccsc1)[C@H]1CC12CCNCC2. The zero-order valence-corrected chi connectivity index (χ0v) is 13.7. The van der Waals surface area contributed by atoms with Crippen LogP contribution in [0.25, 0.3) is 0 Å². The minimum absolute atomic E-state index is 0.101. The van der Waals surface area contributed by atoms with E-state index in [2.05, 4.69) is 42.6 Å². The van der Waals surface area contributed by atoms with Crippen molar-refractivity contribution in [2.24, 2.45) is 5.41 Å². The van der Waals surface area contributed by atoms with Crippen molar-refractivity contribution in [3.8, 4) is 0 Å². The second-order valence-electron chi connectivity index (χ2n) is 6.49. The van der Waals surface area contributed by atoms with Crippen LogP contribution < -0.4 is 5.32 Å². The largest absolute Gasteiger partial charge is 0.333 e. The highest BCUT2D eigenvalue weighted by Gasteiger charge is 2.57. The summed E-state index contributed by atoms with van der Waals surface area (Å²) in [6, 6.07) is 2.45. The van der Waals surface area contributed by atoms with Gasteiger partial charge in [-0.2, -0.15) is 11.3 Å². The van der Waals surface area contributed by atoms with Crippen molar-refractivity contribution in [3.63, 3.8) is 0 Å². The number of carbonyl (C=O) groups is 1. The van der Waals surface area contributed by atoms with Crippen LogP contribution in [0.3, 0.4) is 0 Å². The van der Waals surface area contributed by atoms with E-state index in [0.717, 1.165) is 32.4 Å². The summed E-state index contributed by atoms with van der Waals surface area (Å²) in [5.74, 6) is 0.101. The summed E-state index contributed by atoms with van der Waals surface area (Å²) in [4.78, 5) is 14.9. The second kappa shape index (κ2) is 6.01. The van der Waals surface area contributed by atoms with E-state index in [1.165, 1.54) is 16.6 Å². The smallest absolute Gasteiger partial charge is 0.245 e. The molecule has 2 aromatic heterocycles. The van der Waals surface area contributed by atoms with Crippen molar-refractivity contribution in [1.29, 1.82) is 0 Å². The lowest BCUT2D eigenvalue weighted by Gasteiger charge is -2.29. The third kappa shape index (κ3) is 3.00. The number of aromatic nitrogens is 4. The predicted octanol–water partition coefficient (Wildman–Crippen LogP) is 0.905. The fourth-order valence-corrected chi connectivity index (χ4v) is 4.32. The molecule has 0 bridgehead atoms. The van der Waals surface area contributed by atoms with Gasteiger partial charge in [0.15, 0.2) is 0 Å². The van der Waals surface area contributed by atoms with E-state index in [1.54, 1.807) is 11.3 Å². The van der Waals surface area contributed by atoms with Crippen molar-refractivity contribution in [2.75, 3.05) is 13.1 Å². The Bertz CT molecular complexity index is 650. The maximum absolute atomic E-state index is 12.8. The van der Waals surface area contributed by atoms with Gasteiger partial charge in [-0.05, 0) is 70.6 Å². The molecule has 7 nitrogen and oxygen atoms in total. The molecule has 3 heterocycles. The average Bonchev–Trinajstić information content (AvgIpc) is 2.99. The van der Waals surface area contributed by atoms with E-state index in [-0.39, 0.29) is 12.5 Å². The van der Waals surface area contributed by atoms with Gasteiger partial charge in [-0.25, -0.2) is 4.68 Å². The van der Waals surface area contributed by atoms with E-state index in [1.807, 2.05) is 0 Å². The summed E-state index contributed by atoms with van der Waals surface area (Å²) >= 11 is 1.67. The quantitative estimate of drug-likeness (QED) is 0.881. The molecule has 2 aliphatic rings. The van der Waals surface area contributed by atoms with Crippen LogP contribution in [-0.4, -0.2) is 50.1 Å². The molecule has 23 heavy (non-hydrogen) atoms. The summed E-state index contributed by atoms with van der Waals surface area (Å²) in [7, 11) is 0. The van der Waals surface area contributed by atoms with Gasteiger partial charge >= 0.3 is 0 Å². The summed E-state index contributed by atoms with van der Waals surface area (Å²) in [6.07, 6.45) is 4.94. The van der Waals surface area contributed by atoms with Gasteiger partial charge in [-0.1, -0.05) is 0 Å². The molecule has 0 radical (unpaired) electrons. The van der Waals surface area contributed by atoms with Crippen LogP contribution in [0, 0.1) is 5.41 Å². The lowest BCUT2D eigenvalue weighted by molar-refractivity contribution is -0.134. The molecule has 1 N–H and O–H groups in total. The normalized spacial score (nSPS) is 22.2. The lowest BCUT2D eigenvalue weighted by Crippen LogP contribution is -2.40. The standard InChI is InChI=1S/C15H20N6OS/c22-14(9-20-11-17-18-19-20)21(8-12-1-6-23-10-12)13-7-15(13)2-4-16-5-3-15/h1,6,10-11,13,16H,2-5,7-9H2/t13-/m0/s1. The second-order valence-corrected chi connectivity index (χ2v) is 7.27. The van der Waals surface area contributed by atoms with Crippen molar-refractivity contribution in [1.82, 2.24) is 30.4 Å². The minimum Gasteiger partial charge on any atom is -0.333 e. The predicted molar refractivity (Wildman–Crippen MR) is 85.6 cm³/mol. The summed E-state index contributed by atoms with van der Waals surface area (Å²) in [6.45, 7) is 3.01. The van der Waals surface area contributed by atoms with Crippen LogP contribution in [0.5, 0.6) is 0 Å². The molecule has 1 aliphatic carbocycles. The van der Waals surface area contributed by atoms with Gasteiger partial charge in [0.1, 0.15) is 12.9 Å². The van der Waals surface area contributed by atoms with Crippen LogP contribution in [0.4, 0.5) is 0 Å². The first kappa shape index (κ1) is 14.8. The monoisotopic (exact) mass is 332 g/mol. The number of hydrogen-bond donors (Lipinski definition) is 1. The Morgan fingerprint density at radius 3 is 3.04 bits per heavy atom. The summed E-state index contributed by atoms with van der Waals surface area (Å²) < 4.78 is 1.50. The van der Waals surface area contributed by atoms with E-state index in [9.17, 15) is 4.79 Å². The van der Waals surface area contributed by atoms with E-state index < -0.39 is 0 Å². The average molecular weight is 332 g/mol. The van der Waals surface area contributed by atoms with E-state index in [0.29, 0.717) is 18.0 Å². The minimum atomic E-state index is 0.101. The molecule has 0 unspecified atom stereocenters. The zero-order chi connectivity index (χ0) is 15.7. The zero-order valence-electron chi connectivity index (χ0n) is 12.9. The Kier molecular flexibility index (Phi) is 3.86. The van der Waals surface area contributed by atoms with Crippen molar-refractivity contribution < 1.29 is 4.79 Å². The summed E-state index contributed by atoms with van der Waals surface area (Å²) in [5, 5.41) is 18.6. The summed E-state index contributed by atoms with van der Waals surface area (Å²) in [5.41, 5.74) is 1.54. The maximum Gasteiger partial charge on any atom is 0.245 e. The Balaban J connectivity index is 1.51. The Morgan fingerprint density at radius 1 is 1.48 bits per heavy atom. The van der Waals surface area contributed by atoms with Gasteiger partial charge in [-0.3, -0.25) is 4.79 Å². The maximum atomic E-state index is 12.8. The number of tetrazole rings is 1. The Labute approximate surface area is 138 Å². The number of hydrogen-bond acceptors (Lipinski definition) is 6. The molecular weight excluding hydrogens is 312 g/mol. The molecule has 1 saturated carbocycles. The van der Waals surface area contributed by atoms with Crippen LogP contribution in [0.2, 0.25) is 0 Å². The topological polar surface area (TPSA) is 75.9 Å². The van der Waals surface area contributed by atoms with Crippen LogP contribution in [-0.2, 0) is 17.9 Å². The Morgan fingerprint density at radius 2 is 2.35 bits per heavy atom. The van der Waals surface area contributed by atoms with Gasteiger partial charge in [0, 0.05) is 12.6 Å². The number of nitrogens with one attached hydrogen (secondary N) is 1. The molecule has 1 amide bonds. The first-order valence-corrected chi connectivity index (χ1v) is 8.93.